The fraction of sp³-hybridized carbons (Fsp3) is 0.481. The van der Waals surface area contributed by atoms with Gasteiger partial charge in [0.1, 0.15) is 0 Å². The maximum atomic E-state index is 3.88. The molecule has 0 radical (unpaired) electrons. The van der Waals surface area contributed by atoms with Gasteiger partial charge in [-0.15, -0.1) is 11.3 Å². The van der Waals surface area contributed by atoms with Crippen molar-refractivity contribution >= 4 is 27.1 Å². The molecule has 1 N–H and O–H groups in total. The number of anilines is 1. The highest BCUT2D eigenvalue weighted by Gasteiger charge is 2.50. The first-order chi connectivity index (χ1) is 14.1. The zero-order valence-electron chi connectivity index (χ0n) is 17.7. The smallest absolute Gasteiger partial charge is 0.0410 e. The summed E-state index contributed by atoms with van der Waals surface area (Å²) >= 11 is 2.06. The molecule has 2 heterocycles. The molecule has 1 aromatic heterocycles. The molecule has 3 aliphatic rings. The highest BCUT2D eigenvalue weighted by Crippen LogP contribution is 2.62. The van der Waals surface area contributed by atoms with E-state index < -0.39 is 0 Å². The lowest BCUT2D eigenvalue weighted by atomic mass is 9.72. The summed E-state index contributed by atoms with van der Waals surface area (Å²) in [5.74, 6) is 3.62. The van der Waals surface area contributed by atoms with Gasteiger partial charge >= 0.3 is 0 Å². The van der Waals surface area contributed by atoms with E-state index in [9.17, 15) is 0 Å². The van der Waals surface area contributed by atoms with Crippen molar-refractivity contribution in [2.75, 3.05) is 5.32 Å². The Morgan fingerprint density at radius 1 is 0.862 bits per heavy atom. The lowest BCUT2D eigenvalue weighted by Gasteiger charge is -2.34. The SMILES string of the molecule is CC1CCc2cccc(C3C(C)C(C)C4c5c(sc6ccccc56)CC[C@H]34)c2N1. The van der Waals surface area contributed by atoms with Gasteiger partial charge in [-0.25, -0.2) is 0 Å². The number of rotatable bonds is 1. The molecule has 0 bridgehead atoms. The second-order valence-corrected chi connectivity index (χ2v) is 11.0. The number of thiophene rings is 1. The average molecular weight is 402 g/mol. The summed E-state index contributed by atoms with van der Waals surface area (Å²) in [6, 6.07) is 16.9. The Hall–Kier alpha value is -1.80. The van der Waals surface area contributed by atoms with Crippen molar-refractivity contribution in [3.05, 3.63) is 64.0 Å². The lowest BCUT2D eigenvalue weighted by Crippen LogP contribution is -2.26. The molecule has 150 valence electrons. The van der Waals surface area contributed by atoms with Gasteiger partial charge in [0.05, 0.1) is 0 Å². The predicted molar refractivity (Wildman–Crippen MR) is 125 cm³/mol. The van der Waals surface area contributed by atoms with Crippen LogP contribution in [0.5, 0.6) is 0 Å². The molecule has 0 spiro atoms. The molecule has 2 heteroatoms. The van der Waals surface area contributed by atoms with Crippen LogP contribution in [0.2, 0.25) is 0 Å². The topological polar surface area (TPSA) is 12.0 Å². The number of hydrogen-bond donors (Lipinski definition) is 1. The van der Waals surface area contributed by atoms with E-state index in [0.717, 1.165) is 17.8 Å². The largest absolute Gasteiger partial charge is 0.382 e. The zero-order valence-corrected chi connectivity index (χ0v) is 18.6. The van der Waals surface area contributed by atoms with E-state index in [0.29, 0.717) is 17.9 Å². The summed E-state index contributed by atoms with van der Waals surface area (Å²) in [6.45, 7) is 7.41. The molecule has 0 saturated heterocycles. The molecular formula is C27H31NS. The summed E-state index contributed by atoms with van der Waals surface area (Å²) in [4.78, 5) is 1.67. The van der Waals surface area contributed by atoms with Gasteiger partial charge in [-0.05, 0) is 90.3 Å². The Kier molecular flexibility index (Phi) is 4.10. The van der Waals surface area contributed by atoms with Crippen molar-refractivity contribution in [2.45, 2.75) is 64.3 Å². The summed E-state index contributed by atoms with van der Waals surface area (Å²) in [5, 5.41) is 5.43. The molecular weight excluding hydrogens is 370 g/mol. The summed E-state index contributed by atoms with van der Waals surface area (Å²) in [7, 11) is 0. The number of nitrogens with one attached hydrogen (secondary N) is 1. The van der Waals surface area contributed by atoms with Gasteiger partial charge in [0.15, 0.2) is 0 Å². The van der Waals surface area contributed by atoms with Crippen LogP contribution in [0.3, 0.4) is 0 Å². The van der Waals surface area contributed by atoms with Crippen LogP contribution in [-0.2, 0) is 12.8 Å². The van der Waals surface area contributed by atoms with Crippen molar-refractivity contribution in [2.24, 2.45) is 17.8 Å². The van der Waals surface area contributed by atoms with Crippen molar-refractivity contribution in [1.82, 2.24) is 0 Å². The third kappa shape index (κ3) is 2.57. The zero-order chi connectivity index (χ0) is 19.7. The second-order valence-electron chi connectivity index (χ2n) is 9.87. The second kappa shape index (κ2) is 6.60. The van der Waals surface area contributed by atoms with Crippen molar-refractivity contribution in [3.8, 4) is 0 Å². The Morgan fingerprint density at radius 3 is 2.59 bits per heavy atom. The van der Waals surface area contributed by atoms with Crippen molar-refractivity contribution in [1.29, 1.82) is 0 Å². The molecule has 1 fully saturated rings. The third-order valence-electron chi connectivity index (χ3n) is 8.41. The standard InChI is InChI=1S/C27H31NS/c1-15-11-12-18-7-6-9-21(27(18)28-15)24-16(2)17(3)25-20(24)13-14-23-26(25)19-8-4-5-10-22(19)29-23/h4-10,15-17,20,24-25,28H,11-14H2,1-3H3/t15?,16?,17?,20-,24?,25?/m1/s1. The third-order valence-corrected chi connectivity index (χ3v) is 9.66. The molecule has 0 amide bonds. The fourth-order valence-electron chi connectivity index (χ4n) is 6.94. The minimum absolute atomic E-state index is 0.590. The van der Waals surface area contributed by atoms with Crippen molar-refractivity contribution < 1.29 is 0 Å². The minimum atomic E-state index is 0.590. The molecule has 1 nitrogen and oxygen atoms in total. The molecule has 6 rings (SSSR count). The molecule has 6 atom stereocenters. The van der Waals surface area contributed by atoms with Crippen molar-refractivity contribution in [3.63, 3.8) is 0 Å². The first-order valence-corrected chi connectivity index (χ1v) is 12.3. The van der Waals surface area contributed by atoms with Crippen LogP contribution in [0.1, 0.15) is 67.0 Å². The number of hydrogen-bond acceptors (Lipinski definition) is 2. The van der Waals surface area contributed by atoms with E-state index in [-0.39, 0.29) is 0 Å². The lowest BCUT2D eigenvalue weighted by molar-refractivity contribution is 0.369. The monoisotopic (exact) mass is 401 g/mol. The van der Waals surface area contributed by atoms with Crippen LogP contribution >= 0.6 is 11.3 Å². The molecule has 2 aromatic carbocycles. The number of aryl methyl sites for hydroxylation is 2. The average Bonchev–Trinajstić information content (AvgIpc) is 3.23. The number of fused-ring (bicyclic) bond motifs is 6. The summed E-state index contributed by atoms with van der Waals surface area (Å²) < 4.78 is 1.49. The van der Waals surface area contributed by atoms with E-state index in [1.165, 1.54) is 36.1 Å². The number of benzene rings is 2. The van der Waals surface area contributed by atoms with Crippen LogP contribution in [0.4, 0.5) is 5.69 Å². The van der Waals surface area contributed by atoms with E-state index in [4.69, 9.17) is 0 Å². The van der Waals surface area contributed by atoms with Gasteiger partial charge in [0.25, 0.3) is 0 Å². The Morgan fingerprint density at radius 2 is 1.69 bits per heavy atom. The normalized spacial score (nSPS) is 33.1. The van der Waals surface area contributed by atoms with Gasteiger partial charge in [0.2, 0.25) is 0 Å². The Balaban J connectivity index is 1.48. The molecule has 29 heavy (non-hydrogen) atoms. The van der Waals surface area contributed by atoms with Crippen LogP contribution < -0.4 is 5.32 Å². The van der Waals surface area contributed by atoms with E-state index in [2.05, 4.69) is 79.9 Å². The quantitative estimate of drug-likeness (QED) is 0.449. The minimum Gasteiger partial charge on any atom is -0.382 e. The van der Waals surface area contributed by atoms with E-state index in [1.807, 2.05) is 0 Å². The fourth-order valence-corrected chi connectivity index (χ4v) is 8.22. The van der Waals surface area contributed by atoms with E-state index in [1.54, 1.807) is 27.0 Å². The van der Waals surface area contributed by atoms with Crippen LogP contribution in [0.25, 0.3) is 10.1 Å². The van der Waals surface area contributed by atoms with Gasteiger partial charge in [-0.3, -0.25) is 0 Å². The summed E-state index contributed by atoms with van der Waals surface area (Å²) in [5.41, 5.74) is 6.36. The number of para-hydroxylation sites is 1. The first kappa shape index (κ1) is 18.0. The van der Waals surface area contributed by atoms with Gasteiger partial charge in [0, 0.05) is 21.3 Å². The highest BCUT2D eigenvalue weighted by molar-refractivity contribution is 7.19. The molecule has 5 unspecified atom stereocenters. The maximum Gasteiger partial charge on any atom is 0.0410 e. The Labute approximate surface area is 178 Å². The highest BCUT2D eigenvalue weighted by atomic mass is 32.1. The Bertz CT molecular complexity index is 1080. The first-order valence-electron chi connectivity index (χ1n) is 11.5. The van der Waals surface area contributed by atoms with Crippen LogP contribution in [-0.4, -0.2) is 6.04 Å². The van der Waals surface area contributed by atoms with Gasteiger partial charge < -0.3 is 5.32 Å². The molecule has 1 aliphatic heterocycles. The summed E-state index contributed by atoms with van der Waals surface area (Å²) in [6.07, 6.45) is 5.10. The van der Waals surface area contributed by atoms with Crippen LogP contribution in [0.15, 0.2) is 42.5 Å². The van der Waals surface area contributed by atoms with Crippen LogP contribution in [0, 0.1) is 17.8 Å². The molecule has 1 saturated carbocycles. The molecule has 2 aliphatic carbocycles. The molecule has 3 aromatic rings. The van der Waals surface area contributed by atoms with E-state index >= 15 is 0 Å². The van der Waals surface area contributed by atoms with Gasteiger partial charge in [-0.2, -0.15) is 0 Å². The van der Waals surface area contributed by atoms with Gasteiger partial charge in [-0.1, -0.05) is 50.2 Å². The predicted octanol–water partition coefficient (Wildman–Crippen LogP) is 7.36. The maximum absolute atomic E-state index is 3.88.